The minimum Gasteiger partial charge on any atom is -0.456 e. The predicted octanol–water partition coefficient (Wildman–Crippen LogP) is 13.3. The van der Waals surface area contributed by atoms with Gasteiger partial charge < -0.3 is 4.42 Å². The van der Waals surface area contributed by atoms with Gasteiger partial charge in [0.15, 0.2) is 17.5 Å². The molecule has 0 unspecified atom stereocenters. The molecule has 2 heterocycles. The quantitative estimate of drug-likeness (QED) is 0.163. The zero-order chi connectivity index (χ0) is 38.1. The summed E-state index contributed by atoms with van der Waals surface area (Å²) in [4.78, 5) is 15.0. The van der Waals surface area contributed by atoms with E-state index < -0.39 is 0 Å². The first kappa shape index (κ1) is 33.6. The molecule has 5 heteroatoms. The van der Waals surface area contributed by atoms with Crippen LogP contribution in [0.1, 0.15) is 5.56 Å². The topological polar surface area (TPSA) is 75.6 Å². The van der Waals surface area contributed by atoms with E-state index in [1.54, 1.807) is 0 Å². The van der Waals surface area contributed by atoms with E-state index in [4.69, 9.17) is 19.4 Å². The second-order valence-corrected chi connectivity index (χ2v) is 14.0. The molecular weight excluding hydrogens is 697 g/mol. The first-order valence-corrected chi connectivity index (χ1v) is 18.8. The summed E-state index contributed by atoms with van der Waals surface area (Å²) >= 11 is 0. The van der Waals surface area contributed by atoms with Gasteiger partial charge in [-0.1, -0.05) is 158 Å². The van der Waals surface area contributed by atoms with E-state index in [0.717, 1.165) is 72.0 Å². The summed E-state index contributed by atoms with van der Waals surface area (Å²) in [6, 6.07) is 68.2. The summed E-state index contributed by atoms with van der Waals surface area (Å²) in [5.41, 5.74) is 13.5. The number of hydrogen-bond acceptors (Lipinski definition) is 5. The molecule has 57 heavy (non-hydrogen) atoms. The van der Waals surface area contributed by atoms with Gasteiger partial charge in [0.2, 0.25) is 0 Å². The number of fused-ring (bicyclic) bond motifs is 3. The third-order valence-electron chi connectivity index (χ3n) is 10.4. The third kappa shape index (κ3) is 6.52. The molecule has 0 spiro atoms. The van der Waals surface area contributed by atoms with Gasteiger partial charge in [0.05, 0.1) is 11.6 Å². The zero-order valence-corrected chi connectivity index (χ0v) is 30.7. The Kier molecular flexibility index (Phi) is 8.48. The molecule has 0 bridgehead atoms. The molecule has 0 N–H and O–H groups in total. The lowest BCUT2D eigenvalue weighted by Gasteiger charge is -2.10. The van der Waals surface area contributed by atoms with Crippen LogP contribution in [0, 0.1) is 11.3 Å². The monoisotopic (exact) mass is 728 g/mol. The van der Waals surface area contributed by atoms with Crippen molar-refractivity contribution in [2.45, 2.75) is 0 Å². The molecule has 0 atom stereocenters. The Labute approximate surface area is 329 Å². The number of furan rings is 1. The lowest BCUT2D eigenvalue weighted by atomic mass is 9.93. The van der Waals surface area contributed by atoms with Crippen molar-refractivity contribution in [3.8, 4) is 84.7 Å². The average Bonchev–Trinajstić information content (AvgIpc) is 3.67. The lowest BCUT2D eigenvalue weighted by Crippen LogP contribution is -2.00. The van der Waals surface area contributed by atoms with Crippen molar-refractivity contribution in [1.29, 1.82) is 5.26 Å². The van der Waals surface area contributed by atoms with E-state index in [1.165, 1.54) is 11.1 Å². The van der Waals surface area contributed by atoms with E-state index in [-0.39, 0.29) is 0 Å². The van der Waals surface area contributed by atoms with Crippen LogP contribution in [0.4, 0.5) is 0 Å². The van der Waals surface area contributed by atoms with Gasteiger partial charge in [0.1, 0.15) is 11.2 Å². The van der Waals surface area contributed by atoms with Crippen molar-refractivity contribution in [1.82, 2.24) is 15.0 Å². The molecule has 0 aliphatic heterocycles. The van der Waals surface area contributed by atoms with Crippen LogP contribution < -0.4 is 0 Å². The standard InChI is InChI=1S/C52H32N4O/c53-33-34-11-10-18-42(29-34)38-21-25-41(26-22-38)51-54-50(40-16-8-3-9-17-40)55-52(56-51)43-27-28-45-47(31-43)57-48-32-44(36-14-6-2-7-15-36)30-46(49(45)48)39-23-19-37(20-24-39)35-12-4-1-5-13-35/h1-32H. The number of rotatable bonds is 7. The summed E-state index contributed by atoms with van der Waals surface area (Å²) in [5.74, 6) is 1.70. The smallest absolute Gasteiger partial charge is 0.164 e. The summed E-state index contributed by atoms with van der Waals surface area (Å²) in [6.45, 7) is 0. The maximum Gasteiger partial charge on any atom is 0.164 e. The molecule has 0 amide bonds. The number of benzene rings is 8. The highest BCUT2D eigenvalue weighted by Crippen LogP contribution is 2.41. The van der Waals surface area contributed by atoms with Crippen molar-refractivity contribution in [3.05, 3.63) is 200 Å². The summed E-state index contributed by atoms with van der Waals surface area (Å²) in [6.07, 6.45) is 0. The molecule has 0 saturated carbocycles. The molecule has 8 aromatic carbocycles. The minimum atomic E-state index is 0.550. The number of nitrogens with zero attached hydrogens (tertiary/aromatic N) is 4. The molecular formula is C52H32N4O. The van der Waals surface area contributed by atoms with Gasteiger partial charge >= 0.3 is 0 Å². The highest BCUT2D eigenvalue weighted by molar-refractivity contribution is 6.14. The second kappa shape index (κ2) is 14.4. The van der Waals surface area contributed by atoms with Crippen molar-refractivity contribution < 1.29 is 4.42 Å². The fraction of sp³-hybridized carbons (Fsp3) is 0. The van der Waals surface area contributed by atoms with Crippen molar-refractivity contribution >= 4 is 21.9 Å². The first-order valence-electron chi connectivity index (χ1n) is 18.8. The molecule has 0 fully saturated rings. The molecule has 266 valence electrons. The van der Waals surface area contributed by atoms with Crippen LogP contribution in [0.3, 0.4) is 0 Å². The van der Waals surface area contributed by atoms with E-state index >= 15 is 0 Å². The molecule has 0 aliphatic carbocycles. The fourth-order valence-corrected chi connectivity index (χ4v) is 7.47. The summed E-state index contributed by atoms with van der Waals surface area (Å²) in [5, 5.41) is 11.5. The molecule has 2 aromatic heterocycles. The Balaban J connectivity index is 1.09. The fourth-order valence-electron chi connectivity index (χ4n) is 7.47. The lowest BCUT2D eigenvalue weighted by molar-refractivity contribution is 0.669. The Bertz CT molecular complexity index is 3100. The Hall–Kier alpha value is -7.94. The average molecular weight is 729 g/mol. The number of aromatic nitrogens is 3. The molecule has 0 saturated heterocycles. The minimum absolute atomic E-state index is 0.550. The normalized spacial score (nSPS) is 11.1. The van der Waals surface area contributed by atoms with Gasteiger partial charge in [-0.2, -0.15) is 5.26 Å². The molecule has 10 rings (SSSR count). The van der Waals surface area contributed by atoms with Crippen molar-refractivity contribution in [2.24, 2.45) is 0 Å². The number of nitriles is 1. The largest absolute Gasteiger partial charge is 0.456 e. The predicted molar refractivity (Wildman–Crippen MR) is 230 cm³/mol. The van der Waals surface area contributed by atoms with Crippen molar-refractivity contribution in [2.75, 3.05) is 0 Å². The van der Waals surface area contributed by atoms with Gasteiger partial charge in [-0.25, -0.2) is 15.0 Å². The Morgan fingerprint density at radius 2 is 0.807 bits per heavy atom. The Morgan fingerprint density at radius 1 is 0.351 bits per heavy atom. The molecule has 0 aliphatic rings. The second-order valence-electron chi connectivity index (χ2n) is 14.0. The van der Waals surface area contributed by atoms with Crippen LogP contribution in [0.15, 0.2) is 199 Å². The highest BCUT2D eigenvalue weighted by atomic mass is 16.3. The van der Waals surface area contributed by atoms with E-state index in [1.807, 2.05) is 97.1 Å². The van der Waals surface area contributed by atoms with E-state index in [9.17, 15) is 5.26 Å². The van der Waals surface area contributed by atoms with Gasteiger partial charge in [-0.05, 0) is 80.9 Å². The zero-order valence-electron chi connectivity index (χ0n) is 30.7. The van der Waals surface area contributed by atoms with Crippen LogP contribution in [-0.4, -0.2) is 15.0 Å². The van der Waals surface area contributed by atoms with Crippen molar-refractivity contribution in [3.63, 3.8) is 0 Å². The van der Waals surface area contributed by atoms with E-state index in [2.05, 4.69) is 103 Å². The summed E-state index contributed by atoms with van der Waals surface area (Å²) < 4.78 is 6.74. The van der Waals surface area contributed by atoms with Gasteiger partial charge in [-0.15, -0.1) is 0 Å². The first-order chi connectivity index (χ1) is 28.2. The van der Waals surface area contributed by atoms with Crippen LogP contribution in [0.5, 0.6) is 0 Å². The molecule has 0 radical (unpaired) electrons. The highest BCUT2D eigenvalue weighted by Gasteiger charge is 2.18. The van der Waals surface area contributed by atoms with Crippen LogP contribution in [0.2, 0.25) is 0 Å². The van der Waals surface area contributed by atoms with Gasteiger partial charge in [0.25, 0.3) is 0 Å². The summed E-state index contributed by atoms with van der Waals surface area (Å²) in [7, 11) is 0. The van der Waals surface area contributed by atoms with Crippen LogP contribution >= 0.6 is 0 Å². The van der Waals surface area contributed by atoms with Crippen LogP contribution in [-0.2, 0) is 0 Å². The molecule has 5 nitrogen and oxygen atoms in total. The van der Waals surface area contributed by atoms with Crippen LogP contribution in [0.25, 0.3) is 101 Å². The Morgan fingerprint density at radius 3 is 1.44 bits per heavy atom. The maximum absolute atomic E-state index is 9.41. The number of hydrogen-bond donors (Lipinski definition) is 0. The van der Waals surface area contributed by atoms with Gasteiger partial charge in [-0.3, -0.25) is 0 Å². The maximum atomic E-state index is 9.41. The SMILES string of the molecule is N#Cc1cccc(-c2ccc(-c3nc(-c4ccccc4)nc(-c4ccc5c(c4)oc4cc(-c6ccccc6)cc(-c6ccc(-c7ccccc7)cc6)c45)n3)cc2)c1. The van der Waals surface area contributed by atoms with E-state index in [0.29, 0.717) is 23.0 Å². The van der Waals surface area contributed by atoms with Gasteiger partial charge in [0, 0.05) is 27.5 Å². The third-order valence-corrected chi connectivity index (χ3v) is 10.4. The molecule has 10 aromatic rings.